The van der Waals surface area contributed by atoms with Gasteiger partial charge in [0, 0.05) is 6.07 Å². The summed E-state index contributed by atoms with van der Waals surface area (Å²) in [6.45, 7) is 0.891. The smallest absolute Gasteiger partial charge is 0.242 e. The molecule has 2 N–H and O–H groups in total. The number of amides is 1. The number of halogens is 1. The molecule has 2 heterocycles. The van der Waals surface area contributed by atoms with Gasteiger partial charge in [-0.15, -0.1) is 0 Å². The largest absolute Gasteiger partial charge is 0.309 e. The van der Waals surface area contributed by atoms with Gasteiger partial charge in [0.15, 0.2) is 0 Å². The highest BCUT2D eigenvalue weighted by Gasteiger charge is 2.20. The van der Waals surface area contributed by atoms with Gasteiger partial charge in [0.1, 0.15) is 17.3 Å². The SMILES string of the molecule is O=C(Nc1cc(Cl)ncn1)C1CCCCN1. The normalized spacial score (nSPS) is 20.4. The fraction of sp³-hybridized carbons (Fsp3) is 0.500. The number of anilines is 1. The van der Waals surface area contributed by atoms with Crippen LogP contribution < -0.4 is 10.6 Å². The van der Waals surface area contributed by atoms with E-state index >= 15 is 0 Å². The number of hydrogen-bond donors (Lipinski definition) is 2. The summed E-state index contributed by atoms with van der Waals surface area (Å²) in [5.74, 6) is 0.381. The number of nitrogens with zero attached hydrogens (tertiary/aromatic N) is 2. The van der Waals surface area contributed by atoms with Crippen molar-refractivity contribution in [1.82, 2.24) is 15.3 Å². The van der Waals surface area contributed by atoms with Crippen molar-refractivity contribution in [2.45, 2.75) is 25.3 Å². The van der Waals surface area contributed by atoms with Crippen molar-refractivity contribution in [1.29, 1.82) is 0 Å². The molecule has 1 unspecified atom stereocenters. The number of hydrogen-bond acceptors (Lipinski definition) is 4. The maximum absolute atomic E-state index is 11.8. The van der Waals surface area contributed by atoms with Crippen LogP contribution in [-0.4, -0.2) is 28.5 Å². The van der Waals surface area contributed by atoms with Gasteiger partial charge in [-0.05, 0) is 19.4 Å². The zero-order chi connectivity index (χ0) is 11.4. The van der Waals surface area contributed by atoms with Crippen LogP contribution in [0.3, 0.4) is 0 Å². The molecule has 0 aromatic carbocycles. The van der Waals surface area contributed by atoms with E-state index in [1.807, 2.05) is 0 Å². The van der Waals surface area contributed by atoms with E-state index in [4.69, 9.17) is 11.6 Å². The van der Waals surface area contributed by atoms with Crippen LogP contribution in [0.4, 0.5) is 5.82 Å². The van der Waals surface area contributed by atoms with Gasteiger partial charge >= 0.3 is 0 Å². The molecule has 86 valence electrons. The summed E-state index contributed by atoms with van der Waals surface area (Å²) in [5.41, 5.74) is 0. The number of carbonyl (C=O) groups is 1. The van der Waals surface area contributed by atoms with Crippen molar-refractivity contribution in [3.63, 3.8) is 0 Å². The van der Waals surface area contributed by atoms with Gasteiger partial charge in [0.2, 0.25) is 5.91 Å². The van der Waals surface area contributed by atoms with Crippen molar-refractivity contribution in [2.75, 3.05) is 11.9 Å². The minimum absolute atomic E-state index is 0.0607. The predicted octanol–water partition coefficient (Wildman–Crippen LogP) is 1.21. The molecule has 5 nitrogen and oxygen atoms in total. The summed E-state index contributed by atoms with van der Waals surface area (Å²) >= 11 is 5.70. The Kier molecular flexibility index (Phi) is 3.69. The van der Waals surface area contributed by atoms with Crippen LogP contribution in [0.5, 0.6) is 0 Å². The lowest BCUT2D eigenvalue weighted by Crippen LogP contribution is -2.43. The molecule has 1 atom stereocenters. The molecule has 6 heteroatoms. The van der Waals surface area contributed by atoms with Gasteiger partial charge in [-0.3, -0.25) is 4.79 Å². The highest BCUT2D eigenvalue weighted by Crippen LogP contribution is 2.11. The first kappa shape index (κ1) is 11.3. The first-order valence-corrected chi connectivity index (χ1v) is 5.65. The van der Waals surface area contributed by atoms with E-state index in [0.717, 1.165) is 25.8 Å². The number of piperidine rings is 1. The van der Waals surface area contributed by atoms with E-state index in [2.05, 4.69) is 20.6 Å². The van der Waals surface area contributed by atoms with Gasteiger partial charge in [0.05, 0.1) is 6.04 Å². The Balaban J connectivity index is 1.96. The third-order valence-electron chi connectivity index (χ3n) is 2.51. The van der Waals surface area contributed by atoms with Crippen LogP contribution in [0, 0.1) is 0 Å². The zero-order valence-corrected chi connectivity index (χ0v) is 9.50. The Bertz CT molecular complexity index is 379. The number of aromatic nitrogens is 2. The first-order valence-electron chi connectivity index (χ1n) is 5.27. The number of rotatable bonds is 2. The maximum Gasteiger partial charge on any atom is 0.242 e. The summed E-state index contributed by atoms with van der Waals surface area (Å²) in [6, 6.07) is 1.41. The minimum Gasteiger partial charge on any atom is -0.309 e. The second-order valence-electron chi connectivity index (χ2n) is 3.72. The molecule has 1 aliphatic heterocycles. The van der Waals surface area contributed by atoms with E-state index in [1.165, 1.54) is 12.4 Å². The van der Waals surface area contributed by atoms with E-state index < -0.39 is 0 Å². The lowest BCUT2D eigenvalue weighted by molar-refractivity contribution is -0.118. The van der Waals surface area contributed by atoms with Crippen LogP contribution in [0.2, 0.25) is 5.15 Å². The molecule has 1 aromatic heterocycles. The van der Waals surface area contributed by atoms with Gasteiger partial charge in [-0.1, -0.05) is 18.0 Å². The molecule has 0 radical (unpaired) electrons. The molecular formula is C10H13ClN4O. The highest BCUT2D eigenvalue weighted by atomic mass is 35.5. The van der Waals surface area contributed by atoms with Crippen molar-refractivity contribution in [3.8, 4) is 0 Å². The average Bonchev–Trinajstić information content (AvgIpc) is 2.30. The molecule has 0 saturated carbocycles. The lowest BCUT2D eigenvalue weighted by Gasteiger charge is -2.22. The Hall–Kier alpha value is -1.20. The third-order valence-corrected chi connectivity index (χ3v) is 2.72. The Labute approximate surface area is 98.6 Å². The molecular weight excluding hydrogens is 228 g/mol. The van der Waals surface area contributed by atoms with Gasteiger partial charge in [0.25, 0.3) is 0 Å². The summed E-state index contributed by atoms with van der Waals surface area (Å²) in [7, 11) is 0. The Morgan fingerprint density at radius 3 is 3.06 bits per heavy atom. The van der Waals surface area contributed by atoms with Gasteiger partial charge in [-0.25, -0.2) is 9.97 Å². The molecule has 1 amide bonds. The van der Waals surface area contributed by atoms with Crippen molar-refractivity contribution < 1.29 is 4.79 Å². The minimum atomic E-state index is -0.123. The standard InChI is InChI=1S/C10H13ClN4O/c11-8-5-9(14-6-13-8)15-10(16)7-3-1-2-4-12-7/h5-7,12H,1-4H2,(H,13,14,15,16). The molecule has 0 aliphatic carbocycles. The fourth-order valence-corrected chi connectivity index (χ4v) is 1.84. The Morgan fingerprint density at radius 2 is 2.38 bits per heavy atom. The van der Waals surface area contributed by atoms with Crippen LogP contribution in [0.25, 0.3) is 0 Å². The second-order valence-corrected chi connectivity index (χ2v) is 4.10. The molecule has 1 aliphatic rings. The number of carbonyl (C=O) groups excluding carboxylic acids is 1. The Morgan fingerprint density at radius 1 is 1.50 bits per heavy atom. The summed E-state index contributed by atoms with van der Waals surface area (Å²) in [6.07, 6.45) is 4.40. The molecule has 1 aromatic rings. The summed E-state index contributed by atoms with van der Waals surface area (Å²) < 4.78 is 0. The monoisotopic (exact) mass is 240 g/mol. The highest BCUT2D eigenvalue weighted by molar-refractivity contribution is 6.29. The van der Waals surface area contributed by atoms with Crippen molar-refractivity contribution in [3.05, 3.63) is 17.5 Å². The first-order chi connectivity index (χ1) is 7.75. The predicted molar refractivity (Wildman–Crippen MR) is 61.3 cm³/mol. The summed E-state index contributed by atoms with van der Waals surface area (Å²) in [4.78, 5) is 19.5. The molecule has 0 bridgehead atoms. The van der Waals surface area contributed by atoms with Gasteiger partial charge in [-0.2, -0.15) is 0 Å². The molecule has 1 fully saturated rings. The maximum atomic E-state index is 11.8. The molecule has 16 heavy (non-hydrogen) atoms. The van der Waals surface area contributed by atoms with Crippen LogP contribution in [0.15, 0.2) is 12.4 Å². The number of nitrogens with one attached hydrogen (secondary N) is 2. The van der Waals surface area contributed by atoms with Crippen LogP contribution in [0.1, 0.15) is 19.3 Å². The molecule has 2 rings (SSSR count). The lowest BCUT2D eigenvalue weighted by atomic mass is 10.0. The van der Waals surface area contributed by atoms with Crippen molar-refractivity contribution in [2.24, 2.45) is 0 Å². The second kappa shape index (κ2) is 5.23. The summed E-state index contributed by atoms with van der Waals surface area (Å²) in [5, 5.41) is 6.20. The van der Waals surface area contributed by atoms with E-state index in [9.17, 15) is 4.79 Å². The van der Waals surface area contributed by atoms with Crippen LogP contribution in [-0.2, 0) is 4.79 Å². The molecule has 0 spiro atoms. The van der Waals surface area contributed by atoms with E-state index in [0.29, 0.717) is 11.0 Å². The average molecular weight is 241 g/mol. The van der Waals surface area contributed by atoms with Gasteiger partial charge < -0.3 is 10.6 Å². The molecule has 1 saturated heterocycles. The fourth-order valence-electron chi connectivity index (χ4n) is 1.69. The van der Waals surface area contributed by atoms with E-state index in [-0.39, 0.29) is 11.9 Å². The quantitative estimate of drug-likeness (QED) is 0.763. The topological polar surface area (TPSA) is 66.9 Å². The van der Waals surface area contributed by atoms with Crippen molar-refractivity contribution >= 4 is 23.3 Å². The van der Waals surface area contributed by atoms with Crippen LogP contribution >= 0.6 is 11.6 Å². The zero-order valence-electron chi connectivity index (χ0n) is 8.74. The van der Waals surface area contributed by atoms with E-state index in [1.54, 1.807) is 0 Å². The third kappa shape index (κ3) is 2.90.